The van der Waals surface area contributed by atoms with Gasteiger partial charge in [0.25, 0.3) is 0 Å². The van der Waals surface area contributed by atoms with Crippen LogP contribution in [0.1, 0.15) is 11.6 Å². The quantitative estimate of drug-likeness (QED) is 0.782. The van der Waals surface area contributed by atoms with Crippen molar-refractivity contribution >= 4 is 40.5 Å². The number of hydrogen-bond donors (Lipinski definition) is 1. The number of rotatable bonds is 1. The van der Waals surface area contributed by atoms with Gasteiger partial charge in [-0.2, -0.15) is 0 Å². The molecule has 0 saturated carbocycles. The highest BCUT2D eigenvalue weighted by molar-refractivity contribution is 8.15. The molecule has 0 spiro atoms. The zero-order chi connectivity index (χ0) is 10.7. The lowest BCUT2D eigenvalue weighted by molar-refractivity contribution is 0.823. The highest BCUT2D eigenvalue weighted by Gasteiger charge is 2.16. The predicted octanol–water partition coefficient (Wildman–Crippen LogP) is 3.35. The van der Waals surface area contributed by atoms with E-state index in [2.05, 4.69) is 9.71 Å². The molecule has 0 saturated heterocycles. The molecule has 2 nitrogen and oxygen atoms in total. The van der Waals surface area contributed by atoms with Gasteiger partial charge in [0.2, 0.25) is 0 Å². The standard InChI is InChI=1S/C10H11ClN2S2/c1-14-10-12-9(6-15-13-10)7-2-4-8(11)5-3-7/h2-5,9H,6H2,1H3,(H,12,13). The summed E-state index contributed by atoms with van der Waals surface area (Å²) in [5.41, 5.74) is 1.22. The Morgan fingerprint density at radius 3 is 2.87 bits per heavy atom. The number of amidine groups is 1. The Hall–Kier alpha value is -0.320. The van der Waals surface area contributed by atoms with Crippen molar-refractivity contribution in [3.63, 3.8) is 0 Å². The number of hydrogen-bond acceptors (Lipinski definition) is 4. The summed E-state index contributed by atoms with van der Waals surface area (Å²) < 4.78 is 3.18. The summed E-state index contributed by atoms with van der Waals surface area (Å²) in [5.74, 6) is 0.964. The molecule has 1 aromatic carbocycles. The molecule has 1 atom stereocenters. The van der Waals surface area contributed by atoms with Crippen molar-refractivity contribution < 1.29 is 0 Å². The minimum absolute atomic E-state index is 0.246. The smallest absolute Gasteiger partial charge is 0.166 e. The second kappa shape index (κ2) is 5.14. The van der Waals surface area contributed by atoms with Crippen LogP contribution in [-0.4, -0.2) is 17.2 Å². The predicted molar refractivity (Wildman–Crippen MR) is 70.7 cm³/mol. The average Bonchev–Trinajstić information content (AvgIpc) is 2.30. The van der Waals surface area contributed by atoms with E-state index < -0.39 is 0 Å². The zero-order valence-electron chi connectivity index (χ0n) is 8.24. The molecule has 1 aliphatic rings. The van der Waals surface area contributed by atoms with Crippen LogP contribution in [0.2, 0.25) is 5.02 Å². The minimum Gasteiger partial charge on any atom is -0.309 e. The van der Waals surface area contributed by atoms with Gasteiger partial charge in [0, 0.05) is 10.8 Å². The van der Waals surface area contributed by atoms with Crippen LogP contribution in [0.4, 0.5) is 0 Å². The van der Waals surface area contributed by atoms with Crippen molar-refractivity contribution in [2.45, 2.75) is 6.04 Å². The lowest BCUT2D eigenvalue weighted by atomic mass is 10.1. The van der Waals surface area contributed by atoms with E-state index in [9.17, 15) is 0 Å². The Bertz CT molecular complexity index is 364. The minimum atomic E-state index is 0.246. The van der Waals surface area contributed by atoms with Gasteiger partial charge in [-0.05, 0) is 35.9 Å². The number of benzene rings is 1. The van der Waals surface area contributed by atoms with Crippen LogP contribution in [-0.2, 0) is 0 Å². The summed E-state index contributed by atoms with van der Waals surface area (Å²) in [4.78, 5) is 4.60. The van der Waals surface area contributed by atoms with Crippen LogP contribution >= 0.6 is 35.3 Å². The first-order chi connectivity index (χ1) is 7.29. The van der Waals surface area contributed by atoms with Crippen molar-refractivity contribution in [1.82, 2.24) is 4.72 Å². The summed E-state index contributed by atoms with van der Waals surface area (Å²) in [5, 5.41) is 1.76. The van der Waals surface area contributed by atoms with Crippen LogP contribution in [0.3, 0.4) is 0 Å². The fourth-order valence-electron chi connectivity index (χ4n) is 1.34. The first-order valence-corrected chi connectivity index (χ1v) is 7.13. The fraction of sp³-hybridized carbons (Fsp3) is 0.300. The number of nitrogens with zero attached hydrogens (tertiary/aromatic N) is 1. The number of aliphatic imine (C=N–C) groups is 1. The Labute approximate surface area is 103 Å². The molecule has 0 amide bonds. The van der Waals surface area contributed by atoms with E-state index in [1.54, 1.807) is 23.7 Å². The van der Waals surface area contributed by atoms with Crippen molar-refractivity contribution in [3.05, 3.63) is 34.9 Å². The van der Waals surface area contributed by atoms with Crippen LogP contribution in [0.25, 0.3) is 0 Å². The second-order valence-electron chi connectivity index (χ2n) is 3.12. The Balaban J connectivity index is 2.20. The van der Waals surface area contributed by atoms with E-state index in [1.807, 2.05) is 30.5 Å². The van der Waals surface area contributed by atoms with Crippen molar-refractivity contribution in [1.29, 1.82) is 0 Å². The van der Waals surface area contributed by atoms with Gasteiger partial charge in [-0.3, -0.25) is 4.99 Å². The van der Waals surface area contributed by atoms with Crippen LogP contribution in [0, 0.1) is 0 Å². The number of halogens is 1. The summed E-state index contributed by atoms with van der Waals surface area (Å²) in [7, 11) is 0. The van der Waals surface area contributed by atoms with Gasteiger partial charge in [-0.1, -0.05) is 35.5 Å². The number of nitrogens with one attached hydrogen (secondary N) is 1. The van der Waals surface area contributed by atoms with E-state index in [4.69, 9.17) is 11.6 Å². The molecule has 1 heterocycles. The third kappa shape index (κ3) is 2.83. The Morgan fingerprint density at radius 1 is 1.47 bits per heavy atom. The summed E-state index contributed by atoms with van der Waals surface area (Å²) in [6, 6.07) is 8.16. The lowest BCUT2D eigenvalue weighted by Gasteiger charge is -2.20. The van der Waals surface area contributed by atoms with Gasteiger partial charge in [0.1, 0.15) is 0 Å². The molecule has 1 unspecified atom stereocenters. The second-order valence-corrected chi connectivity index (χ2v) is 5.18. The summed E-state index contributed by atoms with van der Waals surface area (Å²) in [6.45, 7) is 0. The summed E-state index contributed by atoms with van der Waals surface area (Å²) in [6.07, 6.45) is 2.02. The average molecular weight is 259 g/mol. The van der Waals surface area contributed by atoms with Crippen LogP contribution in [0.15, 0.2) is 29.3 Å². The Morgan fingerprint density at radius 2 is 2.20 bits per heavy atom. The monoisotopic (exact) mass is 258 g/mol. The Kier molecular flexibility index (Phi) is 3.83. The first kappa shape index (κ1) is 11.2. The third-order valence-electron chi connectivity index (χ3n) is 2.12. The maximum atomic E-state index is 5.85. The molecule has 0 aromatic heterocycles. The molecule has 80 valence electrons. The van der Waals surface area contributed by atoms with Gasteiger partial charge in [0.15, 0.2) is 5.17 Å². The molecule has 5 heteroatoms. The molecule has 0 fully saturated rings. The highest BCUT2D eigenvalue weighted by atomic mass is 35.5. The molecule has 1 aliphatic heterocycles. The number of thioether (sulfide) groups is 1. The fourth-order valence-corrected chi connectivity index (χ4v) is 2.89. The zero-order valence-corrected chi connectivity index (χ0v) is 10.6. The molecular formula is C10H11ClN2S2. The normalized spacial score (nSPS) is 20.7. The molecule has 15 heavy (non-hydrogen) atoms. The van der Waals surface area contributed by atoms with E-state index in [-0.39, 0.29) is 6.04 Å². The first-order valence-electron chi connectivity index (χ1n) is 4.54. The molecule has 1 N–H and O–H groups in total. The van der Waals surface area contributed by atoms with Crippen LogP contribution < -0.4 is 4.72 Å². The van der Waals surface area contributed by atoms with Gasteiger partial charge >= 0.3 is 0 Å². The maximum absolute atomic E-state index is 5.85. The molecule has 0 aliphatic carbocycles. The van der Waals surface area contributed by atoms with Gasteiger partial charge in [0.05, 0.1) is 6.04 Å². The molecule has 0 radical (unpaired) electrons. The largest absolute Gasteiger partial charge is 0.309 e. The van der Waals surface area contributed by atoms with Gasteiger partial charge < -0.3 is 4.72 Å². The third-order valence-corrected chi connectivity index (χ3v) is 3.92. The molecule has 2 rings (SSSR count). The van der Waals surface area contributed by atoms with E-state index in [0.717, 1.165) is 15.9 Å². The van der Waals surface area contributed by atoms with E-state index in [0.29, 0.717) is 0 Å². The highest BCUT2D eigenvalue weighted by Crippen LogP contribution is 2.27. The van der Waals surface area contributed by atoms with Gasteiger partial charge in [-0.25, -0.2) is 0 Å². The van der Waals surface area contributed by atoms with Crippen molar-refractivity contribution in [2.24, 2.45) is 4.99 Å². The topological polar surface area (TPSA) is 24.4 Å². The lowest BCUT2D eigenvalue weighted by Crippen LogP contribution is -2.21. The molecular weight excluding hydrogens is 248 g/mol. The van der Waals surface area contributed by atoms with E-state index in [1.165, 1.54) is 5.56 Å². The van der Waals surface area contributed by atoms with Crippen LogP contribution in [0.5, 0.6) is 0 Å². The van der Waals surface area contributed by atoms with Crippen molar-refractivity contribution in [2.75, 3.05) is 12.0 Å². The molecule has 0 bridgehead atoms. The SMILES string of the molecule is CSC1=NC(c2ccc(Cl)cc2)CSN1. The summed E-state index contributed by atoms with van der Waals surface area (Å²) >= 11 is 9.19. The van der Waals surface area contributed by atoms with Gasteiger partial charge in [-0.15, -0.1) is 0 Å². The van der Waals surface area contributed by atoms with E-state index >= 15 is 0 Å². The maximum Gasteiger partial charge on any atom is 0.166 e. The molecule has 1 aromatic rings. The van der Waals surface area contributed by atoms with Crippen molar-refractivity contribution in [3.8, 4) is 0 Å².